The number of hydrogen-bond acceptors (Lipinski definition) is 3. The second kappa shape index (κ2) is 2.98. The summed E-state index contributed by atoms with van der Waals surface area (Å²) in [5.74, 6) is 0. The van der Waals surface area contributed by atoms with Crippen LogP contribution in [-0.2, 0) is 4.57 Å². The molecule has 0 aromatic heterocycles. The van der Waals surface area contributed by atoms with Gasteiger partial charge in [0.15, 0.2) is 0 Å². The summed E-state index contributed by atoms with van der Waals surface area (Å²) in [6.07, 6.45) is 0. The number of nitrogens with two attached hydrogens (primary N) is 1. The molecule has 0 aromatic rings. The molecule has 0 saturated heterocycles. The van der Waals surface area contributed by atoms with Gasteiger partial charge in [0.1, 0.15) is 5.28 Å². The summed E-state index contributed by atoms with van der Waals surface area (Å²) in [6, 6.07) is 0. The third-order valence-corrected chi connectivity index (χ3v) is 2.69. The summed E-state index contributed by atoms with van der Waals surface area (Å²) >= 11 is 0. The van der Waals surface area contributed by atoms with E-state index in [1.54, 1.807) is 7.05 Å². The van der Waals surface area contributed by atoms with Crippen molar-refractivity contribution >= 4 is 7.60 Å². The molecular weight excluding hydrogens is 155 g/mol. The molecule has 0 amide bonds. The summed E-state index contributed by atoms with van der Waals surface area (Å²) in [4.78, 5) is 17.2. The highest BCUT2D eigenvalue weighted by atomic mass is 31.2. The maximum atomic E-state index is 10.6. The molecule has 10 heavy (non-hydrogen) atoms. The van der Waals surface area contributed by atoms with Crippen molar-refractivity contribution in [3.8, 4) is 0 Å². The first kappa shape index (κ1) is 10.1. The lowest BCUT2D eigenvalue weighted by molar-refractivity contribution is 0.329. The lowest BCUT2D eigenvalue weighted by Crippen LogP contribution is -2.44. The van der Waals surface area contributed by atoms with E-state index in [2.05, 4.69) is 5.32 Å². The second-order valence-corrected chi connectivity index (χ2v) is 4.54. The van der Waals surface area contributed by atoms with Gasteiger partial charge in [0.05, 0.1) is 0 Å². The zero-order chi connectivity index (χ0) is 8.41. The molecule has 0 rings (SSSR count). The van der Waals surface area contributed by atoms with Gasteiger partial charge in [-0.25, -0.2) is 0 Å². The van der Waals surface area contributed by atoms with Crippen LogP contribution in [0.4, 0.5) is 0 Å². The van der Waals surface area contributed by atoms with E-state index >= 15 is 0 Å². The molecular formula is C4H13N2O3P. The first-order valence-electron chi connectivity index (χ1n) is 2.80. The van der Waals surface area contributed by atoms with Crippen molar-refractivity contribution in [2.45, 2.75) is 12.2 Å². The number of rotatable bonds is 3. The Morgan fingerprint density at radius 1 is 1.70 bits per heavy atom. The minimum atomic E-state index is -4.17. The van der Waals surface area contributed by atoms with Crippen molar-refractivity contribution in [1.29, 1.82) is 0 Å². The van der Waals surface area contributed by atoms with Crippen LogP contribution in [0, 0.1) is 0 Å². The van der Waals surface area contributed by atoms with Crippen molar-refractivity contribution in [2.75, 3.05) is 13.6 Å². The molecule has 0 aliphatic heterocycles. The smallest absolute Gasteiger partial charge is 0.323 e. The molecule has 0 aromatic carbocycles. The quantitative estimate of drug-likeness (QED) is 0.408. The van der Waals surface area contributed by atoms with Gasteiger partial charge in [-0.1, -0.05) is 0 Å². The van der Waals surface area contributed by atoms with Crippen molar-refractivity contribution < 1.29 is 14.4 Å². The fraction of sp³-hybridized carbons (Fsp3) is 1.00. The minimum Gasteiger partial charge on any atom is -0.323 e. The third kappa shape index (κ3) is 2.36. The molecule has 0 radical (unpaired) electrons. The molecule has 0 aliphatic carbocycles. The molecule has 0 aliphatic rings. The Labute approximate surface area is 59.8 Å². The minimum absolute atomic E-state index is 0.0945. The van der Waals surface area contributed by atoms with E-state index in [4.69, 9.17) is 15.5 Å². The molecule has 1 atom stereocenters. The maximum Gasteiger partial charge on any atom is 0.346 e. The summed E-state index contributed by atoms with van der Waals surface area (Å²) < 4.78 is 10.6. The highest BCUT2D eigenvalue weighted by molar-refractivity contribution is 7.53. The van der Waals surface area contributed by atoms with Crippen LogP contribution in [0.2, 0.25) is 0 Å². The first-order chi connectivity index (χ1) is 4.31. The van der Waals surface area contributed by atoms with Gasteiger partial charge in [0, 0.05) is 6.54 Å². The maximum absolute atomic E-state index is 10.6. The van der Waals surface area contributed by atoms with Crippen LogP contribution in [0.5, 0.6) is 0 Å². The molecule has 0 fully saturated rings. The average Bonchev–Trinajstić information content (AvgIpc) is 1.61. The van der Waals surface area contributed by atoms with Gasteiger partial charge in [0.2, 0.25) is 0 Å². The molecule has 0 heterocycles. The average molecular weight is 168 g/mol. The second-order valence-electron chi connectivity index (χ2n) is 2.43. The zero-order valence-electron chi connectivity index (χ0n) is 6.03. The molecule has 5 nitrogen and oxygen atoms in total. The Bertz CT molecular complexity index is 153. The van der Waals surface area contributed by atoms with Crippen LogP contribution in [0.15, 0.2) is 0 Å². The topological polar surface area (TPSA) is 95.6 Å². The predicted octanol–water partition coefficient (Wildman–Crippen LogP) is -0.942. The largest absolute Gasteiger partial charge is 0.346 e. The van der Waals surface area contributed by atoms with Crippen molar-refractivity contribution in [1.82, 2.24) is 5.32 Å². The van der Waals surface area contributed by atoms with Crippen LogP contribution in [0.3, 0.4) is 0 Å². The van der Waals surface area contributed by atoms with Crippen molar-refractivity contribution in [2.24, 2.45) is 5.73 Å². The van der Waals surface area contributed by atoms with E-state index in [9.17, 15) is 4.57 Å². The van der Waals surface area contributed by atoms with Crippen LogP contribution >= 0.6 is 7.60 Å². The molecule has 0 spiro atoms. The fourth-order valence-corrected chi connectivity index (χ4v) is 0.825. The molecule has 0 bridgehead atoms. The van der Waals surface area contributed by atoms with Crippen LogP contribution in [-0.4, -0.2) is 28.7 Å². The van der Waals surface area contributed by atoms with E-state index < -0.39 is 12.9 Å². The highest BCUT2D eigenvalue weighted by Crippen LogP contribution is 2.46. The standard InChI is InChI=1S/C4H13N2O3P/c1-4(5,3-6-2)10(7,8)9/h6H,3,5H2,1-2H3,(H2,7,8,9)/t4-/m1/s1. The van der Waals surface area contributed by atoms with Gasteiger partial charge in [-0.2, -0.15) is 0 Å². The molecule has 62 valence electrons. The lowest BCUT2D eigenvalue weighted by atomic mass is 10.3. The van der Waals surface area contributed by atoms with Crippen LogP contribution in [0.25, 0.3) is 0 Å². The highest BCUT2D eigenvalue weighted by Gasteiger charge is 2.37. The third-order valence-electron chi connectivity index (χ3n) is 1.20. The summed E-state index contributed by atoms with van der Waals surface area (Å²) in [6.45, 7) is 1.40. The van der Waals surface area contributed by atoms with E-state index in [0.29, 0.717) is 0 Å². The molecule has 0 saturated carbocycles. The van der Waals surface area contributed by atoms with Gasteiger partial charge < -0.3 is 20.8 Å². The van der Waals surface area contributed by atoms with Gasteiger partial charge >= 0.3 is 7.60 Å². The molecule has 0 unspecified atom stereocenters. The van der Waals surface area contributed by atoms with Crippen molar-refractivity contribution in [3.63, 3.8) is 0 Å². The van der Waals surface area contributed by atoms with Crippen LogP contribution < -0.4 is 11.1 Å². The van der Waals surface area contributed by atoms with E-state index in [1.165, 1.54) is 6.92 Å². The Morgan fingerprint density at radius 2 is 2.10 bits per heavy atom. The van der Waals surface area contributed by atoms with Crippen LogP contribution in [0.1, 0.15) is 6.92 Å². The monoisotopic (exact) mass is 168 g/mol. The van der Waals surface area contributed by atoms with Gasteiger partial charge in [-0.05, 0) is 14.0 Å². The predicted molar refractivity (Wildman–Crippen MR) is 38.6 cm³/mol. The lowest BCUT2D eigenvalue weighted by Gasteiger charge is -2.24. The van der Waals surface area contributed by atoms with Crippen molar-refractivity contribution in [3.05, 3.63) is 0 Å². The SMILES string of the molecule is CNC[C@](C)(N)P(=O)(O)O. The zero-order valence-corrected chi connectivity index (χ0v) is 6.93. The normalized spacial score (nSPS) is 18.5. The fourth-order valence-electron chi connectivity index (χ4n) is 0.461. The number of likely N-dealkylation sites (N-methyl/N-ethyl adjacent to an activating group) is 1. The summed E-state index contributed by atoms with van der Waals surface area (Å²) in [5.41, 5.74) is 5.28. The molecule has 6 heteroatoms. The van der Waals surface area contributed by atoms with Gasteiger partial charge in [0.25, 0.3) is 0 Å². The summed E-state index contributed by atoms with van der Waals surface area (Å²) in [5, 5.41) is 1.14. The van der Waals surface area contributed by atoms with Gasteiger partial charge in [-0.15, -0.1) is 0 Å². The Hall–Kier alpha value is 0.0700. The van der Waals surface area contributed by atoms with E-state index in [0.717, 1.165) is 0 Å². The van der Waals surface area contributed by atoms with Gasteiger partial charge in [-0.3, -0.25) is 4.57 Å². The van der Waals surface area contributed by atoms with E-state index in [-0.39, 0.29) is 6.54 Å². The number of hydrogen-bond donors (Lipinski definition) is 4. The Balaban J connectivity index is 4.25. The number of nitrogens with one attached hydrogen (secondary N) is 1. The summed E-state index contributed by atoms with van der Waals surface area (Å²) in [7, 11) is -2.59. The van der Waals surface area contributed by atoms with E-state index in [1.807, 2.05) is 0 Å². The Kier molecular flexibility index (Phi) is 3.00. The Morgan fingerprint density at radius 3 is 2.20 bits per heavy atom. The first-order valence-corrected chi connectivity index (χ1v) is 4.41. The molecule has 5 N–H and O–H groups in total.